The molecule has 90 valence electrons. The molecule has 0 spiro atoms. The van der Waals surface area contributed by atoms with Crippen LogP contribution in [0.5, 0.6) is 0 Å². The Balaban J connectivity index is 1.89. The maximum atomic E-state index is 11.2. The minimum atomic E-state index is -0.829. The fourth-order valence-electron chi connectivity index (χ4n) is 2.62. The minimum Gasteiger partial charge on any atom is -0.478 e. The van der Waals surface area contributed by atoms with Crippen LogP contribution in [-0.2, 0) is 0 Å². The number of carboxylic acid groups (broad SMARTS) is 1. The largest absolute Gasteiger partial charge is 0.478 e. The van der Waals surface area contributed by atoms with Gasteiger partial charge < -0.3 is 5.11 Å². The molecule has 0 unspecified atom stereocenters. The maximum absolute atomic E-state index is 11.2. The Labute approximate surface area is 106 Å². The molecule has 2 aromatic carbocycles. The lowest BCUT2D eigenvalue weighted by atomic mass is 10.00. The fraction of sp³-hybridized carbons (Fsp3) is 0.188. The highest BCUT2D eigenvalue weighted by Gasteiger charge is 2.41. The number of aromatic carboxylic acids is 1. The number of hydrogen-bond donors (Lipinski definition) is 1. The van der Waals surface area contributed by atoms with Crippen molar-refractivity contribution in [2.45, 2.75) is 18.3 Å². The zero-order valence-electron chi connectivity index (χ0n) is 9.91. The third-order valence-electron chi connectivity index (χ3n) is 3.61. The first-order chi connectivity index (χ1) is 8.77. The predicted molar refractivity (Wildman–Crippen MR) is 69.9 cm³/mol. The van der Waals surface area contributed by atoms with Crippen LogP contribution in [0, 0.1) is 0 Å². The van der Waals surface area contributed by atoms with Gasteiger partial charge in [-0.1, -0.05) is 48.5 Å². The number of carboxylic acids is 1. The normalized spacial score (nSPS) is 21.6. The SMILES string of the molecule is O=C(O)c1ccccc1[C@H]1C[C@@H]1c1ccccc1. The van der Waals surface area contributed by atoms with Crippen LogP contribution in [0.2, 0.25) is 0 Å². The molecule has 3 rings (SSSR count). The summed E-state index contributed by atoms with van der Waals surface area (Å²) in [5, 5.41) is 9.20. The first kappa shape index (κ1) is 11.0. The summed E-state index contributed by atoms with van der Waals surface area (Å²) in [6.07, 6.45) is 1.05. The quantitative estimate of drug-likeness (QED) is 0.886. The highest BCUT2D eigenvalue weighted by molar-refractivity contribution is 5.89. The summed E-state index contributed by atoms with van der Waals surface area (Å²) in [6, 6.07) is 17.7. The van der Waals surface area contributed by atoms with Crippen LogP contribution in [0.3, 0.4) is 0 Å². The van der Waals surface area contributed by atoms with Crippen molar-refractivity contribution < 1.29 is 9.90 Å². The maximum Gasteiger partial charge on any atom is 0.335 e. The molecule has 0 radical (unpaired) electrons. The topological polar surface area (TPSA) is 37.3 Å². The molecular formula is C16H14O2. The van der Waals surface area contributed by atoms with Gasteiger partial charge in [-0.2, -0.15) is 0 Å². The van der Waals surface area contributed by atoms with Crippen molar-refractivity contribution in [2.24, 2.45) is 0 Å². The van der Waals surface area contributed by atoms with Gasteiger partial charge in [-0.25, -0.2) is 4.79 Å². The molecule has 2 aromatic rings. The van der Waals surface area contributed by atoms with E-state index in [0.29, 0.717) is 17.4 Å². The molecule has 0 aromatic heterocycles. The minimum absolute atomic E-state index is 0.361. The Morgan fingerprint density at radius 1 is 0.944 bits per heavy atom. The first-order valence-corrected chi connectivity index (χ1v) is 6.14. The van der Waals surface area contributed by atoms with Crippen molar-refractivity contribution in [3.05, 3.63) is 71.3 Å². The van der Waals surface area contributed by atoms with E-state index in [1.807, 2.05) is 30.3 Å². The van der Waals surface area contributed by atoms with Crippen molar-refractivity contribution in [3.8, 4) is 0 Å². The standard InChI is InChI=1S/C16H14O2/c17-16(18)13-9-5-4-8-12(13)15-10-14(15)11-6-2-1-3-7-11/h1-9,14-15H,10H2,(H,17,18)/t14-,15-/m1/s1. The van der Waals surface area contributed by atoms with Crippen molar-refractivity contribution in [2.75, 3.05) is 0 Å². The molecular weight excluding hydrogens is 224 g/mol. The fourth-order valence-corrected chi connectivity index (χ4v) is 2.62. The van der Waals surface area contributed by atoms with Crippen molar-refractivity contribution in [1.29, 1.82) is 0 Å². The lowest BCUT2D eigenvalue weighted by molar-refractivity contribution is 0.0695. The summed E-state index contributed by atoms with van der Waals surface area (Å²) in [5.74, 6) is 0.00992. The third kappa shape index (κ3) is 1.90. The molecule has 1 saturated carbocycles. The summed E-state index contributed by atoms with van der Waals surface area (Å²) in [6.45, 7) is 0. The van der Waals surface area contributed by atoms with Gasteiger partial charge in [0.1, 0.15) is 0 Å². The molecule has 0 aliphatic heterocycles. The lowest BCUT2D eigenvalue weighted by Crippen LogP contribution is -2.01. The molecule has 18 heavy (non-hydrogen) atoms. The highest BCUT2D eigenvalue weighted by Crippen LogP contribution is 2.55. The van der Waals surface area contributed by atoms with Crippen molar-refractivity contribution in [1.82, 2.24) is 0 Å². The summed E-state index contributed by atoms with van der Waals surface area (Å²) in [5.41, 5.74) is 2.72. The molecule has 2 heteroatoms. The Morgan fingerprint density at radius 3 is 2.33 bits per heavy atom. The molecule has 1 N–H and O–H groups in total. The number of benzene rings is 2. The monoisotopic (exact) mass is 238 g/mol. The molecule has 1 aliphatic rings. The van der Waals surface area contributed by atoms with Gasteiger partial charge in [-0.15, -0.1) is 0 Å². The van der Waals surface area contributed by atoms with E-state index in [1.54, 1.807) is 12.1 Å². The average Bonchev–Trinajstić information content (AvgIpc) is 3.20. The first-order valence-electron chi connectivity index (χ1n) is 6.14. The second-order valence-corrected chi connectivity index (χ2v) is 4.75. The lowest BCUT2D eigenvalue weighted by Gasteiger charge is -2.05. The molecule has 0 amide bonds. The summed E-state index contributed by atoms with van der Waals surface area (Å²) < 4.78 is 0. The van der Waals surface area contributed by atoms with E-state index in [0.717, 1.165) is 12.0 Å². The van der Waals surface area contributed by atoms with Crippen molar-refractivity contribution in [3.63, 3.8) is 0 Å². The summed E-state index contributed by atoms with van der Waals surface area (Å²) >= 11 is 0. The van der Waals surface area contributed by atoms with Crippen LogP contribution in [0.1, 0.15) is 39.7 Å². The number of hydrogen-bond acceptors (Lipinski definition) is 1. The molecule has 0 saturated heterocycles. The summed E-state index contributed by atoms with van der Waals surface area (Å²) in [4.78, 5) is 11.2. The van der Waals surface area contributed by atoms with Gasteiger partial charge in [0, 0.05) is 0 Å². The molecule has 0 heterocycles. The van der Waals surface area contributed by atoms with Crippen LogP contribution in [-0.4, -0.2) is 11.1 Å². The summed E-state index contributed by atoms with van der Waals surface area (Å²) in [7, 11) is 0. The Kier molecular flexibility index (Phi) is 2.63. The molecule has 2 atom stereocenters. The van der Waals surface area contributed by atoms with Gasteiger partial charge in [0.25, 0.3) is 0 Å². The van der Waals surface area contributed by atoms with Crippen molar-refractivity contribution >= 4 is 5.97 Å². The van der Waals surface area contributed by atoms with E-state index in [4.69, 9.17) is 0 Å². The Hall–Kier alpha value is -2.09. The van der Waals surface area contributed by atoms with Crippen LogP contribution in [0.4, 0.5) is 0 Å². The Bertz CT molecular complexity index is 575. The van der Waals surface area contributed by atoms with E-state index in [2.05, 4.69) is 12.1 Å². The second kappa shape index (κ2) is 4.30. The van der Waals surface area contributed by atoms with E-state index in [-0.39, 0.29) is 0 Å². The third-order valence-corrected chi connectivity index (χ3v) is 3.61. The number of carbonyl (C=O) groups is 1. The van der Waals surface area contributed by atoms with Crippen LogP contribution >= 0.6 is 0 Å². The van der Waals surface area contributed by atoms with E-state index in [9.17, 15) is 9.90 Å². The number of rotatable bonds is 3. The van der Waals surface area contributed by atoms with E-state index < -0.39 is 5.97 Å². The predicted octanol–water partition coefficient (Wildman–Crippen LogP) is 3.66. The van der Waals surface area contributed by atoms with Crippen LogP contribution < -0.4 is 0 Å². The van der Waals surface area contributed by atoms with E-state index in [1.165, 1.54) is 5.56 Å². The highest BCUT2D eigenvalue weighted by atomic mass is 16.4. The van der Waals surface area contributed by atoms with Gasteiger partial charge >= 0.3 is 5.97 Å². The molecule has 2 nitrogen and oxygen atoms in total. The second-order valence-electron chi connectivity index (χ2n) is 4.75. The zero-order chi connectivity index (χ0) is 12.5. The van der Waals surface area contributed by atoms with Gasteiger partial charge in [0.15, 0.2) is 0 Å². The molecule has 1 aliphatic carbocycles. The van der Waals surface area contributed by atoms with E-state index >= 15 is 0 Å². The van der Waals surface area contributed by atoms with Crippen LogP contribution in [0.15, 0.2) is 54.6 Å². The zero-order valence-corrected chi connectivity index (χ0v) is 9.91. The average molecular weight is 238 g/mol. The van der Waals surface area contributed by atoms with Gasteiger partial charge in [-0.3, -0.25) is 0 Å². The smallest absolute Gasteiger partial charge is 0.335 e. The Morgan fingerprint density at radius 2 is 1.61 bits per heavy atom. The van der Waals surface area contributed by atoms with Gasteiger partial charge in [0.05, 0.1) is 5.56 Å². The van der Waals surface area contributed by atoms with Crippen LogP contribution in [0.25, 0.3) is 0 Å². The molecule has 1 fully saturated rings. The van der Waals surface area contributed by atoms with Gasteiger partial charge in [-0.05, 0) is 35.4 Å². The van der Waals surface area contributed by atoms with Gasteiger partial charge in [0.2, 0.25) is 0 Å². The molecule has 0 bridgehead atoms.